The molecule has 0 aliphatic heterocycles. The summed E-state index contributed by atoms with van der Waals surface area (Å²) in [5.41, 5.74) is -1.46. The number of halogens is 1. The molecule has 68 valence electrons. The van der Waals surface area contributed by atoms with E-state index in [-0.39, 0.29) is 11.2 Å². The van der Waals surface area contributed by atoms with Gasteiger partial charge in [-0.3, -0.25) is 4.79 Å². The van der Waals surface area contributed by atoms with E-state index < -0.39 is 12.3 Å². The number of carbonyl (C=O) groups excluding carboxylic acids is 1. The predicted molar refractivity (Wildman–Crippen MR) is 59.3 cm³/mol. The molecule has 0 spiro atoms. The molecule has 0 radical (unpaired) electrons. The van der Waals surface area contributed by atoms with Gasteiger partial charge in [0, 0.05) is 9.53 Å². The van der Waals surface area contributed by atoms with Gasteiger partial charge < -0.3 is 0 Å². The summed E-state index contributed by atoms with van der Waals surface area (Å²) in [5, 5.41) is 0. The van der Waals surface area contributed by atoms with E-state index in [0.29, 0.717) is 10.0 Å². The third kappa shape index (κ3) is 1.90. The van der Waals surface area contributed by atoms with Gasteiger partial charge in [0.2, 0.25) is 0 Å². The highest BCUT2D eigenvalue weighted by atomic mass is 127. The van der Waals surface area contributed by atoms with Crippen LogP contribution in [0, 0.1) is 10.8 Å². The minimum absolute atomic E-state index is 0.229. The summed E-state index contributed by atoms with van der Waals surface area (Å²) in [7, 11) is 0. The maximum atomic E-state index is 11.9. The first kappa shape index (κ1) is 6.57. The first-order valence-electron chi connectivity index (χ1n) is 5.43. The highest BCUT2D eigenvalue weighted by Gasteiger charge is 2.39. The van der Waals surface area contributed by atoms with Gasteiger partial charge in [0.05, 0.1) is 3.58 Å². The van der Waals surface area contributed by atoms with Gasteiger partial charge in [-0.1, -0.05) is 33.7 Å². The minimum atomic E-state index is -2.23. The molecule has 0 aromatic rings. The zero-order valence-electron chi connectivity index (χ0n) is 10.6. The summed E-state index contributed by atoms with van der Waals surface area (Å²) in [6.45, 7) is 3.24. The number of ketones is 1. The molecular weight excluding hydrogens is 263 g/mol. The molecule has 0 aromatic heterocycles. The van der Waals surface area contributed by atoms with E-state index in [4.69, 9.17) is 4.11 Å². The van der Waals surface area contributed by atoms with Gasteiger partial charge in [0.15, 0.2) is 5.78 Å². The van der Waals surface area contributed by atoms with E-state index in [9.17, 15) is 4.79 Å². The number of allylic oxidation sites excluding steroid dienone is 2. The predicted octanol–water partition coefficient (Wildman–Crippen LogP) is 3.33. The number of hydrogen-bond donors (Lipinski definition) is 0. The maximum absolute atomic E-state index is 11.9. The van der Waals surface area contributed by atoms with Crippen molar-refractivity contribution in [1.82, 2.24) is 0 Å². The van der Waals surface area contributed by atoms with Gasteiger partial charge in [0.25, 0.3) is 0 Å². The smallest absolute Gasteiger partial charge is 0.174 e. The summed E-state index contributed by atoms with van der Waals surface area (Å²) in [4.78, 5) is 11.9. The third-order valence-electron chi connectivity index (χ3n) is 2.04. The van der Waals surface area contributed by atoms with Gasteiger partial charge in [-0.25, -0.2) is 0 Å². The van der Waals surface area contributed by atoms with Crippen LogP contribution in [0.1, 0.15) is 38.2 Å². The minimum Gasteiger partial charge on any atom is -0.293 e. The van der Waals surface area contributed by atoms with Crippen molar-refractivity contribution in [1.29, 1.82) is 0 Å². The lowest BCUT2D eigenvalue weighted by Crippen LogP contribution is -2.34. The van der Waals surface area contributed by atoms with Crippen molar-refractivity contribution in [2.75, 3.05) is 0 Å². The molecule has 0 saturated heterocycles. The first-order valence-corrected chi connectivity index (χ1v) is 5.01. The van der Waals surface area contributed by atoms with Crippen molar-refractivity contribution in [3.63, 3.8) is 0 Å². The Hall–Kier alpha value is 0.140. The summed E-state index contributed by atoms with van der Waals surface area (Å²) >= 11 is 1.93. The van der Waals surface area contributed by atoms with Crippen LogP contribution >= 0.6 is 22.6 Å². The van der Waals surface area contributed by atoms with Crippen molar-refractivity contribution in [3.05, 3.63) is 9.66 Å². The fourth-order valence-electron chi connectivity index (χ4n) is 1.71. The van der Waals surface area contributed by atoms with E-state index in [1.54, 1.807) is 6.92 Å². The molecule has 0 bridgehead atoms. The average Bonchev–Trinajstić information content (AvgIpc) is 1.96. The quantitative estimate of drug-likeness (QED) is 0.622. The lowest BCUT2D eigenvalue weighted by molar-refractivity contribution is -0.124. The Balaban J connectivity index is 3.26. The van der Waals surface area contributed by atoms with Crippen LogP contribution in [-0.2, 0) is 4.79 Å². The van der Waals surface area contributed by atoms with Crippen LogP contribution in [0.5, 0.6) is 0 Å². The Bertz CT molecular complexity index is 330. The van der Waals surface area contributed by atoms with Gasteiger partial charge in [-0.05, 0) is 34.4 Å². The Morgan fingerprint density at radius 1 is 1.58 bits per heavy atom. The molecule has 0 N–H and O–H groups in total. The molecular formula is C10H15IO. The van der Waals surface area contributed by atoms with E-state index in [1.807, 2.05) is 42.5 Å². The Kier molecular flexibility index (Phi) is 1.55. The average molecular weight is 281 g/mol. The van der Waals surface area contributed by atoms with Crippen molar-refractivity contribution in [2.45, 2.75) is 34.0 Å². The molecule has 0 heterocycles. The van der Waals surface area contributed by atoms with Crippen LogP contribution in [0.15, 0.2) is 9.66 Å². The third-order valence-corrected chi connectivity index (χ3v) is 2.85. The van der Waals surface area contributed by atoms with E-state index >= 15 is 0 Å². The summed E-state index contributed by atoms with van der Waals surface area (Å²) in [5.74, 6) is -0.248. The fourth-order valence-corrected chi connectivity index (χ4v) is 3.15. The van der Waals surface area contributed by atoms with Gasteiger partial charge in [0.1, 0.15) is 0 Å². The van der Waals surface area contributed by atoms with Crippen LogP contribution in [0.25, 0.3) is 0 Å². The second kappa shape index (κ2) is 2.82. The summed E-state index contributed by atoms with van der Waals surface area (Å²) in [6.07, 6.45) is 2.24. The van der Waals surface area contributed by atoms with Crippen LogP contribution in [0.2, 0.25) is 0 Å². The zero-order valence-corrected chi connectivity index (χ0v) is 9.73. The van der Waals surface area contributed by atoms with E-state index in [1.165, 1.54) is 0 Å². The van der Waals surface area contributed by atoms with Gasteiger partial charge >= 0.3 is 0 Å². The highest BCUT2D eigenvalue weighted by molar-refractivity contribution is 14.1. The second-order valence-corrected chi connectivity index (χ2v) is 5.48. The normalized spacial score (nSPS) is 39.5. The molecule has 0 aromatic carbocycles. The van der Waals surface area contributed by atoms with E-state index in [0.717, 1.165) is 0 Å². The maximum Gasteiger partial charge on any atom is 0.174 e. The van der Waals surface area contributed by atoms with Crippen LogP contribution in [-0.4, -0.2) is 5.78 Å². The molecule has 0 saturated carbocycles. The van der Waals surface area contributed by atoms with Crippen LogP contribution in [0.3, 0.4) is 0 Å². The molecule has 1 aliphatic carbocycles. The molecule has 12 heavy (non-hydrogen) atoms. The van der Waals surface area contributed by atoms with Gasteiger partial charge in [-0.2, -0.15) is 0 Å². The number of hydrogen-bond acceptors (Lipinski definition) is 1. The zero-order chi connectivity index (χ0) is 12.1. The molecule has 1 rings (SSSR count). The van der Waals surface area contributed by atoms with Crippen molar-refractivity contribution in [2.24, 2.45) is 10.8 Å². The Labute approximate surface area is 92.0 Å². The number of rotatable bonds is 0. The second-order valence-electron chi connectivity index (χ2n) is 4.32. The number of Topliss-reactive ketones (excluding diaryl/α,β-unsaturated/α-hetero) is 1. The molecule has 2 heteroatoms. The monoisotopic (exact) mass is 281 g/mol. The van der Waals surface area contributed by atoms with Crippen molar-refractivity contribution in [3.8, 4) is 0 Å². The molecule has 0 fully saturated rings. The summed E-state index contributed by atoms with van der Waals surface area (Å²) < 4.78 is 23.1. The summed E-state index contributed by atoms with van der Waals surface area (Å²) in [6, 6.07) is 0. The molecule has 1 nitrogen and oxygen atoms in total. The fraction of sp³-hybridized carbons (Fsp3) is 0.700. The molecule has 1 atom stereocenters. The largest absolute Gasteiger partial charge is 0.293 e. The SMILES string of the molecule is [2H]C([2H])([2H])[C@@]1(C)CC(C)(C)C=C(I)C1=O. The lowest BCUT2D eigenvalue weighted by atomic mass is 9.69. The Morgan fingerprint density at radius 2 is 2.17 bits per heavy atom. The Morgan fingerprint density at radius 3 is 2.67 bits per heavy atom. The van der Waals surface area contributed by atoms with Gasteiger partial charge in [-0.15, -0.1) is 0 Å². The number of carbonyl (C=O) groups is 1. The molecule has 1 aliphatic rings. The van der Waals surface area contributed by atoms with E-state index in [2.05, 4.69) is 0 Å². The van der Waals surface area contributed by atoms with Crippen molar-refractivity contribution < 1.29 is 8.91 Å². The van der Waals surface area contributed by atoms with Crippen molar-refractivity contribution >= 4 is 28.4 Å². The molecule has 0 unspecified atom stereocenters. The lowest BCUT2D eigenvalue weighted by Gasteiger charge is -2.36. The first-order chi connectivity index (χ1) is 6.50. The topological polar surface area (TPSA) is 17.1 Å². The standard InChI is InChI=1S/C10H15IO/c1-9(2)5-7(11)8(12)10(3,4)6-9/h5H,6H2,1-4H3/i3D3/t10-/m1/s1. The van der Waals surface area contributed by atoms with Crippen LogP contribution < -0.4 is 0 Å². The highest BCUT2D eigenvalue weighted by Crippen LogP contribution is 2.43. The molecule has 0 amide bonds. The van der Waals surface area contributed by atoms with Crippen LogP contribution in [0.4, 0.5) is 0 Å².